The maximum atomic E-state index is 13.3. The Labute approximate surface area is 173 Å². The first-order chi connectivity index (χ1) is 13.9. The Kier molecular flexibility index (Phi) is 5.20. The van der Waals surface area contributed by atoms with Crippen LogP contribution in [-0.4, -0.2) is 23.7 Å². The Balaban J connectivity index is 1.64. The minimum absolute atomic E-state index is 0.289. The van der Waals surface area contributed by atoms with Gasteiger partial charge in [-0.3, -0.25) is 4.79 Å². The maximum absolute atomic E-state index is 13.3. The molecule has 0 spiro atoms. The van der Waals surface area contributed by atoms with Gasteiger partial charge in [0.1, 0.15) is 5.82 Å². The second kappa shape index (κ2) is 7.79. The average molecular weight is 415 g/mol. The van der Waals surface area contributed by atoms with Gasteiger partial charge in [-0.2, -0.15) is 0 Å². The van der Waals surface area contributed by atoms with E-state index in [1.807, 2.05) is 18.4 Å². The molecule has 5 nitrogen and oxygen atoms in total. The predicted molar refractivity (Wildman–Crippen MR) is 110 cm³/mol. The summed E-state index contributed by atoms with van der Waals surface area (Å²) in [6.07, 6.45) is 0.781. The summed E-state index contributed by atoms with van der Waals surface area (Å²) in [6.45, 7) is 4.85. The number of rotatable bonds is 3. The Morgan fingerprint density at radius 2 is 1.72 bits per heavy atom. The second-order valence-electron chi connectivity index (χ2n) is 6.88. The van der Waals surface area contributed by atoms with Gasteiger partial charge < -0.3 is 19.4 Å². The molecule has 1 amide bonds. The fraction of sp³-hybridized carbons (Fsp3) is 0.227. The molecular weight excluding hydrogens is 395 g/mol. The highest BCUT2D eigenvalue weighted by atomic mass is 35.5. The average Bonchev–Trinajstić information content (AvgIpc) is 2.85. The zero-order valence-corrected chi connectivity index (χ0v) is 16.8. The van der Waals surface area contributed by atoms with E-state index in [-0.39, 0.29) is 11.7 Å². The molecule has 0 bridgehead atoms. The number of carbonyl (C=O) groups excluding carboxylic acids is 1. The van der Waals surface area contributed by atoms with E-state index in [0.717, 1.165) is 23.5 Å². The van der Waals surface area contributed by atoms with Gasteiger partial charge in [-0.25, -0.2) is 4.39 Å². The van der Waals surface area contributed by atoms with Gasteiger partial charge in [-0.15, -0.1) is 0 Å². The SMILES string of the molecule is Cc1cc(C(=O)Nc2cc3c(cc2Cl)OCCCO3)c(C)n1-c1ccc(F)cc1. The van der Waals surface area contributed by atoms with Crippen LogP contribution in [0.3, 0.4) is 0 Å². The molecule has 3 aromatic rings. The van der Waals surface area contributed by atoms with Crippen molar-refractivity contribution in [3.8, 4) is 17.2 Å². The fourth-order valence-corrected chi connectivity index (χ4v) is 3.65. The van der Waals surface area contributed by atoms with Crippen LogP contribution in [0.2, 0.25) is 5.02 Å². The molecular formula is C22H20ClFN2O3. The number of fused-ring (bicyclic) bond motifs is 1. The summed E-state index contributed by atoms with van der Waals surface area (Å²) in [5.74, 6) is 0.528. The van der Waals surface area contributed by atoms with Crippen LogP contribution in [0.25, 0.3) is 5.69 Å². The van der Waals surface area contributed by atoms with Gasteiger partial charge in [-0.1, -0.05) is 11.6 Å². The summed E-state index contributed by atoms with van der Waals surface area (Å²) >= 11 is 6.34. The van der Waals surface area contributed by atoms with Crippen molar-refractivity contribution >= 4 is 23.2 Å². The first-order valence-corrected chi connectivity index (χ1v) is 9.67. The molecule has 0 radical (unpaired) electrons. The van der Waals surface area contributed by atoms with Crippen LogP contribution in [0, 0.1) is 19.7 Å². The van der Waals surface area contributed by atoms with Crippen molar-refractivity contribution in [2.75, 3.05) is 18.5 Å². The van der Waals surface area contributed by atoms with Gasteiger partial charge in [0.15, 0.2) is 11.5 Å². The van der Waals surface area contributed by atoms with Crippen molar-refractivity contribution < 1.29 is 18.7 Å². The van der Waals surface area contributed by atoms with Crippen LogP contribution in [0.15, 0.2) is 42.5 Å². The number of aryl methyl sites for hydroxylation is 1. The van der Waals surface area contributed by atoms with E-state index in [1.165, 1.54) is 12.1 Å². The van der Waals surface area contributed by atoms with Crippen LogP contribution < -0.4 is 14.8 Å². The smallest absolute Gasteiger partial charge is 0.257 e. The van der Waals surface area contributed by atoms with Gasteiger partial charge >= 0.3 is 0 Å². The third kappa shape index (κ3) is 3.80. The van der Waals surface area contributed by atoms with Crippen molar-refractivity contribution in [2.45, 2.75) is 20.3 Å². The molecule has 0 saturated carbocycles. The van der Waals surface area contributed by atoms with Crippen molar-refractivity contribution in [3.05, 3.63) is 70.3 Å². The van der Waals surface area contributed by atoms with E-state index in [0.29, 0.717) is 41.0 Å². The maximum Gasteiger partial charge on any atom is 0.257 e. The van der Waals surface area contributed by atoms with Gasteiger partial charge in [0.2, 0.25) is 0 Å². The van der Waals surface area contributed by atoms with Crippen LogP contribution in [0.4, 0.5) is 10.1 Å². The summed E-state index contributed by atoms with van der Waals surface area (Å²) in [5.41, 5.74) is 3.36. The first-order valence-electron chi connectivity index (χ1n) is 9.29. The van der Waals surface area contributed by atoms with E-state index in [2.05, 4.69) is 5.32 Å². The number of hydrogen-bond acceptors (Lipinski definition) is 3. The van der Waals surface area contributed by atoms with E-state index < -0.39 is 0 Å². The van der Waals surface area contributed by atoms with Gasteiger partial charge in [0.25, 0.3) is 5.91 Å². The minimum Gasteiger partial charge on any atom is -0.490 e. The van der Waals surface area contributed by atoms with Crippen molar-refractivity contribution in [1.29, 1.82) is 0 Å². The third-order valence-electron chi connectivity index (χ3n) is 4.85. The van der Waals surface area contributed by atoms with E-state index >= 15 is 0 Å². The summed E-state index contributed by atoms with van der Waals surface area (Å²) in [7, 11) is 0. The quantitative estimate of drug-likeness (QED) is 0.632. The van der Waals surface area contributed by atoms with Crippen LogP contribution in [0.5, 0.6) is 11.5 Å². The number of benzene rings is 2. The summed E-state index contributed by atoms with van der Waals surface area (Å²) in [4.78, 5) is 13.0. The molecule has 150 valence electrons. The van der Waals surface area contributed by atoms with Gasteiger partial charge in [0, 0.05) is 35.6 Å². The number of nitrogens with one attached hydrogen (secondary N) is 1. The monoisotopic (exact) mass is 414 g/mol. The molecule has 2 heterocycles. The summed E-state index contributed by atoms with van der Waals surface area (Å²) < 4.78 is 26.5. The molecule has 29 heavy (non-hydrogen) atoms. The number of nitrogens with zero attached hydrogens (tertiary/aromatic N) is 1. The van der Waals surface area contributed by atoms with Crippen LogP contribution in [-0.2, 0) is 0 Å². The van der Waals surface area contributed by atoms with E-state index in [4.69, 9.17) is 21.1 Å². The molecule has 2 aromatic carbocycles. The Bertz CT molecular complexity index is 1080. The lowest BCUT2D eigenvalue weighted by molar-refractivity contribution is 0.102. The van der Waals surface area contributed by atoms with Gasteiger partial charge in [-0.05, 0) is 44.2 Å². The molecule has 1 aliphatic rings. The van der Waals surface area contributed by atoms with Crippen molar-refractivity contribution in [2.24, 2.45) is 0 Å². The van der Waals surface area contributed by atoms with Crippen molar-refractivity contribution in [3.63, 3.8) is 0 Å². The minimum atomic E-state index is -0.307. The number of hydrogen-bond donors (Lipinski definition) is 1. The fourth-order valence-electron chi connectivity index (χ4n) is 3.45. The molecule has 0 unspecified atom stereocenters. The molecule has 1 aromatic heterocycles. The predicted octanol–water partition coefficient (Wildman–Crippen LogP) is 5.30. The highest BCUT2D eigenvalue weighted by Crippen LogP contribution is 2.38. The standard InChI is InChI=1S/C22H20ClFN2O3/c1-13-10-17(14(2)26(13)16-6-4-15(24)5-7-16)22(27)25-19-12-21-20(11-18(19)23)28-8-3-9-29-21/h4-7,10-12H,3,8-9H2,1-2H3,(H,25,27). The normalized spacial score (nSPS) is 13.1. The molecule has 7 heteroatoms. The molecule has 0 atom stereocenters. The van der Waals surface area contributed by atoms with Gasteiger partial charge in [0.05, 0.1) is 29.5 Å². The lowest BCUT2D eigenvalue weighted by atomic mass is 10.2. The molecule has 0 aliphatic carbocycles. The van der Waals surface area contributed by atoms with Crippen LogP contribution in [0.1, 0.15) is 28.2 Å². The molecule has 1 N–H and O–H groups in total. The number of halogens is 2. The van der Waals surface area contributed by atoms with E-state index in [1.54, 1.807) is 30.3 Å². The Morgan fingerprint density at radius 3 is 2.41 bits per heavy atom. The molecule has 0 fully saturated rings. The Morgan fingerprint density at radius 1 is 1.07 bits per heavy atom. The topological polar surface area (TPSA) is 52.5 Å². The lowest BCUT2D eigenvalue weighted by Crippen LogP contribution is -2.13. The number of amides is 1. The highest BCUT2D eigenvalue weighted by Gasteiger charge is 2.20. The Hall–Kier alpha value is -2.99. The molecule has 0 saturated heterocycles. The summed E-state index contributed by atoms with van der Waals surface area (Å²) in [5, 5.41) is 3.23. The number of anilines is 1. The number of aromatic nitrogens is 1. The lowest BCUT2D eigenvalue weighted by Gasteiger charge is -2.13. The first kappa shape index (κ1) is 19.3. The number of carbonyl (C=O) groups is 1. The van der Waals surface area contributed by atoms with Crippen molar-refractivity contribution in [1.82, 2.24) is 4.57 Å². The summed E-state index contributed by atoms with van der Waals surface area (Å²) in [6, 6.07) is 11.3. The highest BCUT2D eigenvalue weighted by molar-refractivity contribution is 6.34. The second-order valence-corrected chi connectivity index (χ2v) is 7.29. The largest absolute Gasteiger partial charge is 0.490 e. The third-order valence-corrected chi connectivity index (χ3v) is 5.16. The zero-order chi connectivity index (χ0) is 20.5. The number of ether oxygens (including phenoxy) is 2. The van der Waals surface area contributed by atoms with E-state index in [9.17, 15) is 9.18 Å². The molecule has 1 aliphatic heterocycles. The van der Waals surface area contributed by atoms with Crippen LogP contribution >= 0.6 is 11.6 Å². The molecule has 4 rings (SSSR count). The zero-order valence-electron chi connectivity index (χ0n) is 16.1.